The van der Waals surface area contributed by atoms with Gasteiger partial charge in [-0.1, -0.05) is 13.0 Å². The lowest BCUT2D eigenvalue weighted by atomic mass is 10.3. The molecule has 2 N–H and O–H groups in total. The molecule has 0 spiro atoms. The molecule has 0 bridgehead atoms. The van der Waals surface area contributed by atoms with Crippen molar-refractivity contribution < 1.29 is 9.90 Å². The Hall–Kier alpha value is -1.58. The van der Waals surface area contributed by atoms with Gasteiger partial charge in [0.05, 0.1) is 0 Å². The number of nitrogens with zero attached hydrogens (tertiary/aromatic N) is 1. The van der Waals surface area contributed by atoms with Gasteiger partial charge in [-0.15, -0.1) is 0 Å². The van der Waals surface area contributed by atoms with Gasteiger partial charge < -0.3 is 10.4 Å². The number of hydrogen-bond acceptors (Lipinski definition) is 3. The van der Waals surface area contributed by atoms with Crippen molar-refractivity contribution in [2.24, 2.45) is 11.8 Å². The number of carboxylic acids is 1. The first-order valence-corrected chi connectivity index (χ1v) is 5.11. The molecule has 1 aliphatic rings. The van der Waals surface area contributed by atoms with Crippen LogP contribution in [-0.2, 0) is 0 Å². The van der Waals surface area contributed by atoms with Crippen LogP contribution in [0, 0.1) is 11.8 Å². The topological polar surface area (TPSA) is 62.2 Å². The fourth-order valence-corrected chi connectivity index (χ4v) is 1.57. The second kappa shape index (κ2) is 3.88. The Bertz CT molecular complexity index is 379. The van der Waals surface area contributed by atoms with E-state index in [4.69, 9.17) is 5.11 Å². The summed E-state index contributed by atoms with van der Waals surface area (Å²) in [6, 6.07) is 4.99. The maximum absolute atomic E-state index is 10.7. The molecule has 15 heavy (non-hydrogen) atoms. The Morgan fingerprint density at radius 1 is 1.67 bits per heavy atom. The maximum atomic E-state index is 10.7. The molecule has 0 aromatic carbocycles. The SMILES string of the molecule is CC1CC1CNc1cccc(C(=O)O)n1. The van der Waals surface area contributed by atoms with Crippen molar-refractivity contribution in [1.82, 2.24) is 4.98 Å². The predicted octanol–water partition coefficient (Wildman–Crippen LogP) is 1.85. The van der Waals surface area contributed by atoms with Gasteiger partial charge in [-0.05, 0) is 30.4 Å². The first-order valence-electron chi connectivity index (χ1n) is 5.11. The molecular formula is C11H14N2O2. The highest BCUT2D eigenvalue weighted by Gasteiger charge is 2.31. The van der Waals surface area contributed by atoms with Crippen LogP contribution in [0.3, 0.4) is 0 Å². The summed E-state index contributed by atoms with van der Waals surface area (Å²) in [7, 11) is 0. The summed E-state index contributed by atoms with van der Waals surface area (Å²) in [4.78, 5) is 14.7. The van der Waals surface area contributed by atoms with Crippen LogP contribution in [0.15, 0.2) is 18.2 Å². The Balaban J connectivity index is 1.95. The minimum absolute atomic E-state index is 0.0869. The van der Waals surface area contributed by atoms with Crippen molar-refractivity contribution in [1.29, 1.82) is 0 Å². The van der Waals surface area contributed by atoms with E-state index in [2.05, 4.69) is 17.2 Å². The van der Waals surface area contributed by atoms with Crippen molar-refractivity contribution in [3.8, 4) is 0 Å². The van der Waals surface area contributed by atoms with Crippen LogP contribution in [0.1, 0.15) is 23.8 Å². The average Bonchev–Trinajstić information content (AvgIpc) is 2.92. The molecule has 1 aromatic heterocycles. The van der Waals surface area contributed by atoms with Gasteiger partial charge in [0.25, 0.3) is 0 Å². The number of carbonyl (C=O) groups is 1. The van der Waals surface area contributed by atoms with E-state index in [0.29, 0.717) is 5.82 Å². The second-order valence-electron chi connectivity index (χ2n) is 4.07. The molecule has 4 nitrogen and oxygen atoms in total. The Morgan fingerprint density at radius 3 is 3.00 bits per heavy atom. The Kier molecular flexibility index (Phi) is 2.58. The Morgan fingerprint density at radius 2 is 2.40 bits per heavy atom. The molecule has 0 saturated heterocycles. The minimum Gasteiger partial charge on any atom is -0.477 e. The lowest BCUT2D eigenvalue weighted by molar-refractivity contribution is 0.0690. The molecule has 1 aromatic rings. The number of aromatic carboxylic acids is 1. The number of rotatable bonds is 4. The molecule has 0 radical (unpaired) electrons. The van der Waals surface area contributed by atoms with Crippen molar-refractivity contribution >= 4 is 11.8 Å². The van der Waals surface area contributed by atoms with E-state index >= 15 is 0 Å². The van der Waals surface area contributed by atoms with Crippen molar-refractivity contribution in [3.63, 3.8) is 0 Å². The molecule has 4 heteroatoms. The van der Waals surface area contributed by atoms with E-state index < -0.39 is 5.97 Å². The van der Waals surface area contributed by atoms with E-state index in [1.807, 2.05) is 0 Å². The summed E-state index contributed by atoms with van der Waals surface area (Å²) in [5.74, 6) is 1.17. The zero-order valence-electron chi connectivity index (χ0n) is 8.60. The molecule has 2 atom stereocenters. The normalized spacial score (nSPS) is 23.5. The van der Waals surface area contributed by atoms with Gasteiger partial charge in [0, 0.05) is 6.54 Å². The van der Waals surface area contributed by atoms with Crippen molar-refractivity contribution in [2.45, 2.75) is 13.3 Å². The molecule has 0 aliphatic heterocycles. The zero-order chi connectivity index (χ0) is 10.8. The quantitative estimate of drug-likeness (QED) is 0.789. The highest BCUT2D eigenvalue weighted by atomic mass is 16.4. The molecule has 0 amide bonds. The number of pyridine rings is 1. The van der Waals surface area contributed by atoms with Gasteiger partial charge in [-0.2, -0.15) is 0 Å². The number of hydrogen-bond donors (Lipinski definition) is 2. The summed E-state index contributed by atoms with van der Waals surface area (Å²) in [6.07, 6.45) is 1.26. The lowest BCUT2D eigenvalue weighted by Gasteiger charge is -2.04. The molecular weight excluding hydrogens is 192 g/mol. The molecule has 2 unspecified atom stereocenters. The van der Waals surface area contributed by atoms with E-state index in [-0.39, 0.29) is 5.69 Å². The third-order valence-corrected chi connectivity index (χ3v) is 2.79. The van der Waals surface area contributed by atoms with E-state index in [1.54, 1.807) is 12.1 Å². The van der Waals surface area contributed by atoms with Crippen LogP contribution in [0.2, 0.25) is 0 Å². The zero-order valence-corrected chi connectivity index (χ0v) is 8.60. The van der Waals surface area contributed by atoms with Gasteiger partial charge in [0.2, 0.25) is 0 Å². The molecule has 1 saturated carbocycles. The standard InChI is InChI=1S/C11H14N2O2/c1-7-5-8(7)6-12-10-4-2-3-9(13-10)11(14)15/h2-4,7-8H,5-6H2,1H3,(H,12,13)(H,14,15). The molecule has 80 valence electrons. The first kappa shape index (κ1) is 9.96. The van der Waals surface area contributed by atoms with Crippen LogP contribution in [0.25, 0.3) is 0 Å². The summed E-state index contributed by atoms with van der Waals surface area (Å²) in [6.45, 7) is 3.10. The van der Waals surface area contributed by atoms with Gasteiger partial charge in [0.1, 0.15) is 5.82 Å². The third-order valence-electron chi connectivity index (χ3n) is 2.79. The van der Waals surface area contributed by atoms with Crippen LogP contribution in [-0.4, -0.2) is 22.6 Å². The van der Waals surface area contributed by atoms with Gasteiger partial charge >= 0.3 is 5.97 Å². The summed E-state index contributed by atoms with van der Waals surface area (Å²) in [5, 5.41) is 11.9. The monoisotopic (exact) mass is 206 g/mol. The van der Waals surface area contributed by atoms with Gasteiger partial charge in [0.15, 0.2) is 5.69 Å². The highest BCUT2D eigenvalue weighted by molar-refractivity contribution is 5.85. The fourth-order valence-electron chi connectivity index (χ4n) is 1.57. The van der Waals surface area contributed by atoms with Crippen LogP contribution in [0.4, 0.5) is 5.82 Å². The largest absolute Gasteiger partial charge is 0.477 e. The second-order valence-corrected chi connectivity index (χ2v) is 4.07. The number of aromatic nitrogens is 1. The molecule has 2 rings (SSSR count). The summed E-state index contributed by atoms with van der Waals surface area (Å²) in [5.41, 5.74) is 0.0869. The maximum Gasteiger partial charge on any atom is 0.354 e. The summed E-state index contributed by atoms with van der Waals surface area (Å²) < 4.78 is 0. The highest BCUT2D eigenvalue weighted by Crippen LogP contribution is 2.37. The van der Waals surface area contributed by atoms with E-state index in [0.717, 1.165) is 18.4 Å². The van der Waals surface area contributed by atoms with Crippen LogP contribution in [0.5, 0.6) is 0 Å². The average molecular weight is 206 g/mol. The smallest absolute Gasteiger partial charge is 0.354 e. The van der Waals surface area contributed by atoms with Gasteiger partial charge in [-0.25, -0.2) is 9.78 Å². The van der Waals surface area contributed by atoms with E-state index in [9.17, 15) is 4.79 Å². The molecule has 1 heterocycles. The molecule has 1 aliphatic carbocycles. The fraction of sp³-hybridized carbons (Fsp3) is 0.455. The Labute approximate surface area is 88.3 Å². The summed E-state index contributed by atoms with van der Waals surface area (Å²) >= 11 is 0. The predicted molar refractivity (Wildman–Crippen MR) is 57.0 cm³/mol. The van der Waals surface area contributed by atoms with Crippen molar-refractivity contribution in [3.05, 3.63) is 23.9 Å². The van der Waals surface area contributed by atoms with Crippen LogP contribution < -0.4 is 5.32 Å². The van der Waals surface area contributed by atoms with Crippen LogP contribution >= 0.6 is 0 Å². The number of carboxylic acid groups (broad SMARTS) is 1. The van der Waals surface area contributed by atoms with Gasteiger partial charge in [-0.3, -0.25) is 0 Å². The third kappa shape index (κ3) is 2.46. The number of anilines is 1. The molecule has 1 fully saturated rings. The first-order chi connectivity index (χ1) is 7.16. The lowest BCUT2D eigenvalue weighted by Crippen LogP contribution is -2.08. The number of nitrogens with one attached hydrogen (secondary N) is 1. The minimum atomic E-state index is -0.988. The van der Waals surface area contributed by atoms with E-state index in [1.165, 1.54) is 12.5 Å². The van der Waals surface area contributed by atoms with Crippen molar-refractivity contribution in [2.75, 3.05) is 11.9 Å².